The number of rotatable bonds is 6. The summed E-state index contributed by atoms with van der Waals surface area (Å²) in [5, 5.41) is 4.76. The molecular formula is C23H19NO2S. The summed E-state index contributed by atoms with van der Waals surface area (Å²) in [6.45, 7) is 0. The number of Topliss-reactive ketones (excluding diaryl/α,β-unsaturated/α-hetero) is 1. The van der Waals surface area contributed by atoms with Crippen LogP contribution in [0.4, 0.5) is 5.69 Å². The topological polar surface area (TPSA) is 46.2 Å². The van der Waals surface area contributed by atoms with E-state index in [1.165, 1.54) is 11.3 Å². The molecule has 4 heteroatoms. The van der Waals surface area contributed by atoms with E-state index in [4.69, 9.17) is 0 Å². The molecule has 1 amide bonds. The maximum atomic E-state index is 12.1. The second-order valence-corrected chi connectivity index (χ2v) is 6.95. The highest BCUT2D eigenvalue weighted by Crippen LogP contribution is 2.14. The van der Waals surface area contributed by atoms with Gasteiger partial charge >= 0.3 is 0 Å². The predicted molar refractivity (Wildman–Crippen MR) is 110 cm³/mol. The Balaban J connectivity index is 1.51. The van der Waals surface area contributed by atoms with Gasteiger partial charge in [0.2, 0.25) is 5.91 Å². The molecule has 0 atom stereocenters. The molecule has 0 spiro atoms. The second-order valence-electron chi connectivity index (χ2n) is 6.00. The van der Waals surface area contributed by atoms with Gasteiger partial charge in [-0.3, -0.25) is 9.59 Å². The van der Waals surface area contributed by atoms with Gasteiger partial charge in [-0.2, -0.15) is 0 Å². The molecule has 27 heavy (non-hydrogen) atoms. The first-order chi connectivity index (χ1) is 13.2. The van der Waals surface area contributed by atoms with E-state index in [1.807, 2.05) is 72.1 Å². The van der Waals surface area contributed by atoms with Crippen LogP contribution in [0, 0.1) is 11.8 Å². The van der Waals surface area contributed by atoms with E-state index in [0.717, 1.165) is 16.0 Å². The zero-order valence-electron chi connectivity index (χ0n) is 14.8. The largest absolute Gasteiger partial charge is 0.326 e. The molecular weight excluding hydrogens is 354 g/mol. The normalized spacial score (nSPS) is 9.93. The highest BCUT2D eigenvalue weighted by molar-refractivity contribution is 7.12. The standard InChI is InChI=1S/C23H19NO2S/c25-21(22-12-6-16-27-22)11-5-13-23(26)24-20-10-4-9-19(17-20)15-14-18-7-2-1-3-8-18/h1-4,6-10,12,16-17H,5,11,13H2,(H,24,26). The molecule has 1 aromatic heterocycles. The first-order valence-corrected chi connectivity index (χ1v) is 9.62. The average molecular weight is 373 g/mol. The van der Waals surface area contributed by atoms with Crippen LogP contribution >= 0.6 is 11.3 Å². The van der Waals surface area contributed by atoms with Crippen molar-refractivity contribution in [1.29, 1.82) is 0 Å². The third kappa shape index (κ3) is 5.95. The second kappa shape index (κ2) is 9.51. The summed E-state index contributed by atoms with van der Waals surface area (Å²) in [5.41, 5.74) is 2.50. The lowest BCUT2D eigenvalue weighted by Crippen LogP contribution is -2.11. The van der Waals surface area contributed by atoms with Crippen molar-refractivity contribution in [3.8, 4) is 11.8 Å². The number of hydrogen-bond acceptors (Lipinski definition) is 3. The first-order valence-electron chi connectivity index (χ1n) is 8.74. The number of amides is 1. The first kappa shape index (κ1) is 18.6. The van der Waals surface area contributed by atoms with Crippen LogP contribution in [0.3, 0.4) is 0 Å². The minimum atomic E-state index is -0.0952. The third-order valence-corrected chi connectivity index (χ3v) is 4.79. The van der Waals surface area contributed by atoms with Gasteiger partial charge in [0.1, 0.15) is 0 Å². The molecule has 0 aliphatic rings. The fourth-order valence-electron chi connectivity index (χ4n) is 2.53. The van der Waals surface area contributed by atoms with E-state index < -0.39 is 0 Å². The smallest absolute Gasteiger partial charge is 0.224 e. The number of thiophene rings is 1. The van der Waals surface area contributed by atoms with Gasteiger partial charge in [0.15, 0.2) is 5.78 Å². The van der Waals surface area contributed by atoms with Gasteiger partial charge in [0.05, 0.1) is 4.88 Å². The molecule has 0 bridgehead atoms. The van der Waals surface area contributed by atoms with Crippen LogP contribution in [0.15, 0.2) is 72.1 Å². The summed E-state index contributed by atoms with van der Waals surface area (Å²) in [6, 6.07) is 20.9. The molecule has 0 saturated heterocycles. The number of carbonyl (C=O) groups excluding carboxylic acids is 2. The summed E-state index contributed by atoms with van der Waals surface area (Å²) >= 11 is 1.43. The van der Waals surface area contributed by atoms with E-state index in [1.54, 1.807) is 0 Å². The van der Waals surface area contributed by atoms with Gasteiger partial charge < -0.3 is 5.32 Å². The maximum Gasteiger partial charge on any atom is 0.224 e. The van der Waals surface area contributed by atoms with E-state index in [0.29, 0.717) is 24.9 Å². The van der Waals surface area contributed by atoms with E-state index in [2.05, 4.69) is 17.2 Å². The van der Waals surface area contributed by atoms with E-state index >= 15 is 0 Å². The van der Waals surface area contributed by atoms with Crippen molar-refractivity contribution < 1.29 is 9.59 Å². The van der Waals surface area contributed by atoms with Crippen LogP contribution < -0.4 is 5.32 Å². The number of ketones is 1. The zero-order valence-corrected chi connectivity index (χ0v) is 15.6. The Morgan fingerprint density at radius 3 is 2.41 bits per heavy atom. The SMILES string of the molecule is O=C(CCCC(=O)c1cccs1)Nc1cccc(C#Cc2ccccc2)c1. The summed E-state index contributed by atoms with van der Waals surface area (Å²) in [7, 11) is 0. The number of benzene rings is 2. The Morgan fingerprint density at radius 1 is 0.852 bits per heavy atom. The number of nitrogens with one attached hydrogen (secondary N) is 1. The molecule has 0 saturated carbocycles. The molecule has 1 N–H and O–H groups in total. The van der Waals surface area contributed by atoms with Crippen molar-refractivity contribution in [2.75, 3.05) is 5.32 Å². The van der Waals surface area contributed by atoms with Crippen molar-refractivity contribution in [3.63, 3.8) is 0 Å². The summed E-state index contributed by atoms with van der Waals surface area (Å²) in [6.07, 6.45) is 1.24. The van der Waals surface area contributed by atoms with Crippen LogP contribution in [-0.4, -0.2) is 11.7 Å². The van der Waals surface area contributed by atoms with Crippen LogP contribution in [0.5, 0.6) is 0 Å². The van der Waals surface area contributed by atoms with Crippen LogP contribution in [-0.2, 0) is 4.79 Å². The van der Waals surface area contributed by atoms with E-state index in [9.17, 15) is 9.59 Å². The van der Waals surface area contributed by atoms with Gasteiger partial charge in [0, 0.05) is 29.7 Å². The minimum absolute atomic E-state index is 0.0935. The molecule has 0 aliphatic heterocycles. The number of hydrogen-bond donors (Lipinski definition) is 1. The Hall–Kier alpha value is -3.16. The Labute approximate surface area is 163 Å². The molecule has 1 heterocycles. The fraction of sp³-hybridized carbons (Fsp3) is 0.130. The van der Waals surface area contributed by atoms with Crippen LogP contribution in [0.25, 0.3) is 0 Å². The third-order valence-electron chi connectivity index (χ3n) is 3.87. The highest BCUT2D eigenvalue weighted by atomic mass is 32.1. The number of anilines is 1. The van der Waals surface area contributed by atoms with E-state index in [-0.39, 0.29) is 11.7 Å². The monoisotopic (exact) mass is 373 g/mol. The van der Waals surface area contributed by atoms with Crippen molar-refractivity contribution in [3.05, 3.63) is 88.1 Å². The van der Waals surface area contributed by atoms with Crippen LogP contribution in [0.2, 0.25) is 0 Å². The summed E-state index contributed by atoms with van der Waals surface area (Å²) in [5.74, 6) is 6.20. The molecule has 3 aromatic rings. The average Bonchev–Trinajstić information content (AvgIpc) is 3.22. The molecule has 3 nitrogen and oxygen atoms in total. The minimum Gasteiger partial charge on any atom is -0.326 e. The lowest BCUT2D eigenvalue weighted by atomic mass is 10.1. The fourth-order valence-corrected chi connectivity index (χ4v) is 3.23. The van der Waals surface area contributed by atoms with Crippen molar-refractivity contribution in [2.24, 2.45) is 0 Å². The molecule has 3 rings (SSSR count). The van der Waals surface area contributed by atoms with Crippen molar-refractivity contribution in [2.45, 2.75) is 19.3 Å². The van der Waals surface area contributed by atoms with Gasteiger partial charge in [-0.15, -0.1) is 11.3 Å². The Morgan fingerprint density at radius 2 is 1.63 bits per heavy atom. The molecule has 134 valence electrons. The molecule has 0 unspecified atom stereocenters. The molecule has 0 aliphatic carbocycles. The van der Waals surface area contributed by atoms with Crippen LogP contribution in [0.1, 0.15) is 40.1 Å². The molecule has 2 aromatic carbocycles. The van der Waals surface area contributed by atoms with Gasteiger partial charge in [0.25, 0.3) is 0 Å². The van der Waals surface area contributed by atoms with Gasteiger partial charge in [-0.1, -0.05) is 42.2 Å². The Kier molecular flexibility index (Phi) is 6.56. The summed E-state index contributed by atoms with van der Waals surface area (Å²) < 4.78 is 0. The summed E-state index contributed by atoms with van der Waals surface area (Å²) in [4.78, 5) is 24.8. The van der Waals surface area contributed by atoms with Gasteiger partial charge in [-0.25, -0.2) is 0 Å². The molecule has 0 fully saturated rings. The predicted octanol–water partition coefficient (Wildman–Crippen LogP) is 5.14. The quantitative estimate of drug-likeness (QED) is 0.480. The lowest BCUT2D eigenvalue weighted by molar-refractivity contribution is -0.116. The maximum absolute atomic E-state index is 12.1. The van der Waals surface area contributed by atoms with Crippen molar-refractivity contribution >= 4 is 28.7 Å². The zero-order chi connectivity index (χ0) is 18.9. The van der Waals surface area contributed by atoms with Gasteiger partial charge in [-0.05, 0) is 48.2 Å². The highest BCUT2D eigenvalue weighted by Gasteiger charge is 2.08. The Bertz CT molecular complexity index is 966. The molecule has 0 radical (unpaired) electrons. The lowest BCUT2D eigenvalue weighted by Gasteiger charge is -2.05. The number of carbonyl (C=O) groups is 2. The van der Waals surface area contributed by atoms with Crippen molar-refractivity contribution in [1.82, 2.24) is 0 Å².